The summed E-state index contributed by atoms with van der Waals surface area (Å²) in [7, 11) is 0. The third-order valence-electron chi connectivity index (χ3n) is 8.93. The van der Waals surface area contributed by atoms with Crippen molar-refractivity contribution < 1.29 is 42.1 Å². The Kier molecular flexibility index (Phi) is 10.7. The molecular formula is C37H30F3N5O6S. The molecule has 52 heavy (non-hydrogen) atoms. The van der Waals surface area contributed by atoms with E-state index in [-0.39, 0.29) is 47.6 Å². The predicted molar refractivity (Wildman–Crippen MR) is 182 cm³/mol. The zero-order chi connectivity index (χ0) is 37.0. The van der Waals surface area contributed by atoms with E-state index in [0.717, 1.165) is 18.2 Å². The number of fused-ring (bicyclic) bond motifs is 1. The van der Waals surface area contributed by atoms with Gasteiger partial charge >= 0.3 is 5.97 Å². The van der Waals surface area contributed by atoms with E-state index >= 15 is 4.39 Å². The van der Waals surface area contributed by atoms with Crippen molar-refractivity contribution in [2.75, 3.05) is 13.2 Å². The summed E-state index contributed by atoms with van der Waals surface area (Å²) in [4.78, 5) is 45.7. The maximum Gasteiger partial charge on any atom is 0.327 e. The topological polar surface area (TPSA) is 148 Å². The Bertz CT molecular complexity index is 2060. The van der Waals surface area contributed by atoms with Gasteiger partial charge in [-0.1, -0.05) is 49.4 Å². The van der Waals surface area contributed by atoms with Gasteiger partial charge in [0.1, 0.15) is 36.1 Å². The molecule has 3 atom stereocenters. The molecule has 15 heteroatoms. The second-order valence-corrected chi connectivity index (χ2v) is 13.7. The number of carboxylic acid groups (broad SMARTS) is 1. The summed E-state index contributed by atoms with van der Waals surface area (Å²) < 4.78 is 57.7. The number of rotatable bonds is 12. The lowest BCUT2D eigenvalue weighted by Crippen LogP contribution is -2.63. The zero-order valence-electron chi connectivity index (χ0n) is 27.4. The second-order valence-electron chi connectivity index (χ2n) is 12.1. The number of carbonyl (C=O) groups excluding carboxylic acids is 2. The Morgan fingerprint density at radius 2 is 1.77 bits per heavy atom. The van der Waals surface area contributed by atoms with Crippen molar-refractivity contribution in [1.82, 2.24) is 19.7 Å². The van der Waals surface area contributed by atoms with Crippen LogP contribution >= 0.6 is 11.8 Å². The largest absolute Gasteiger partial charge is 0.480 e. The first kappa shape index (κ1) is 36.2. The van der Waals surface area contributed by atoms with Crippen LogP contribution in [-0.4, -0.2) is 78.6 Å². The molecule has 0 spiro atoms. The molecule has 3 heterocycles. The molecule has 1 aromatic heterocycles. The van der Waals surface area contributed by atoms with Crippen LogP contribution in [0.25, 0.3) is 6.08 Å². The molecule has 3 aromatic carbocycles. The van der Waals surface area contributed by atoms with E-state index in [9.17, 15) is 28.3 Å². The smallest absolute Gasteiger partial charge is 0.327 e. The van der Waals surface area contributed by atoms with Gasteiger partial charge in [-0.25, -0.2) is 22.9 Å². The first-order valence-corrected chi connectivity index (χ1v) is 16.9. The maximum atomic E-state index is 16.1. The van der Waals surface area contributed by atoms with Gasteiger partial charge in [-0.05, 0) is 42.0 Å². The van der Waals surface area contributed by atoms with E-state index in [1.807, 2.05) is 6.07 Å². The molecule has 0 aliphatic carbocycles. The van der Waals surface area contributed by atoms with Crippen molar-refractivity contribution in [3.05, 3.63) is 137 Å². The highest BCUT2D eigenvalue weighted by Crippen LogP contribution is 2.46. The predicted octanol–water partition coefficient (Wildman–Crippen LogP) is 5.39. The molecule has 1 saturated heterocycles. The van der Waals surface area contributed by atoms with Gasteiger partial charge < -0.3 is 14.6 Å². The van der Waals surface area contributed by atoms with Crippen molar-refractivity contribution in [1.29, 1.82) is 5.26 Å². The van der Waals surface area contributed by atoms with E-state index in [1.54, 1.807) is 37.3 Å². The monoisotopic (exact) mass is 729 g/mol. The Balaban J connectivity index is 1.30. The molecule has 1 fully saturated rings. The van der Waals surface area contributed by atoms with Crippen LogP contribution in [0.4, 0.5) is 13.2 Å². The van der Waals surface area contributed by atoms with Crippen molar-refractivity contribution in [2.45, 2.75) is 41.7 Å². The maximum absolute atomic E-state index is 16.1. The number of hydrogen-bond donors (Lipinski definition) is 1. The quantitative estimate of drug-likeness (QED) is 0.149. The summed E-state index contributed by atoms with van der Waals surface area (Å²) in [5.74, 6) is -5.87. The number of aromatic nitrogens is 3. The number of hydrogen-bond acceptors (Lipinski definition) is 9. The molecule has 4 aromatic rings. The Morgan fingerprint density at radius 3 is 2.37 bits per heavy atom. The van der Waals surface area contributed by atoms with Crippen LogP contribution in [0, 0.1) is 28.8 Å². The first-order valence-electron chi connectivity index (χ1n) is 15.9. The number of benzene rings is 3. The highest BCUT2D eigenvalue weighted by Gasteiger charge is 2.58. The zero-order valence-corrected chi connectivity index (χ0v) is 28.3. The summed E-state index contributed by atoms with van der Waals surface area (Å²) in [5, 5.41) is 22.6. The summed E-state index contributed by atoms with van der Waals surface area (Å²) in [6.45, 7) is 1.47. The molecule has 6 rings (SSSR count). The van der Waals surface area contributed by atoms with Crippen LogP contribution in [0.3, 0.4) is 0 Å². The Morgan fingerprint density at radius 1 is 1.06 bits per heavy atom. The third-order valence-corrected chi connectivity index (χ3v) is 10.4. The van der Waals surface area contributed by atoms with Gasteiger partial charge in [0.15, 0.2) is 6.29 Å². The van der Waals surface area contributed by atoms with Gasteiger partial charge in [0, 0.05) is 16.9 Å². The molecule has 0 radical (unpaired) electrons. The highest BCUT2D eigenvalue weighted by molar-refractivity contribution is 8.00. The minimum absolute atomic E-state index is 0.00153. The van der Waals surface area contributed by atoms with Crippen LogP contribution in [-0.2, 0) is 26.2 Å². The number of nitrogens with zero attached hydrogens (tertiary/aromatic N) is 5. The van der Waals surface area contributed by atoms with Crippen molar-refractivity contribution in [3.63, 3.8) is 0 Å². The Labute approximate surface area is 300 Å². The number of carboxylic acids is 1. The fourth-order valence-electron chi connectivity index (χ4n) is 6.49. The standard InChI is InChI=1S/C37H30F3N5O6S/c1-22(52-26-17-50-32(51-18-26)9-5-2-6-24-11-10-23(16-41)14-30(24)39)37(19-44-21-42-20-43-44,29-13-12-25(38)15-31(29)40)33(36(48)49)45-34(46)27-7-3-4-8-28(27)35(45)47/h2-15,20-22,26,32-33H,17-19H2,1H3,(H,48,49)/b6-2+,9-5+/t22-,26?,32?,33?,37+/m1/s1. The average molecular weight is 730 g/mol. The summed E-state index contributed by atoms with van der Waals surface area (Å²) >= 11 is 1.19. The molecule has 1 N–H and O–H groups in total. The number of nitriles is 1. The summed E-state index contributed by atoms with van der Waals surface area (Å²) in [6.07, 6.45) is 8.04. The van der Waals surface area contributed by atoms with Gasteiger partial charge in [-0.3, -0.25) is 19.2 Å². The fraction of sp³-hybridized carbons (Fsp3) is 0.243. The molecule has 1 unspecified atom stereocenters. The lowest BCUT2D eigenvalue weighted by atomic mass is 9.70. The molecule has 2 aliphatic rings. The normalized spacial score (nSPS) is 19.8. The van der Waals surface area contributed by atoms with E-state index in [1.165, 1.54) is 59.4 Å². The number of carbonyl (C=O) groups is 3. The molecule has 0 saturated carbocycles. The van der Waals surface area contributed by atoms with Crippen molar-refractivity contribution in [3.8, 4) is 6.07 Å². The first-order chi connectivity index (χ1) is 25.0. The van der Waals surface area contributed by atoms with Gasteiger partial charge in [0.05, 0.1) is 53.2 Å². The number of amides is 2. The number of thioether (sulfide) groups is 1. The van der Waals surface area contributed by atoms with Gasteiger partial charge in [-0.2, -0.15) is 10.4 Å². The lowest BCUT2D eigenvalue weighted by molar-refractivity contribution is -0.146. The number of ether oxygens (including phenoxy) is 2. The number of halogens is 3. The van der Waals surface area contributed by atoms with E-state index in [0.29, 0.717) is 11.0 Å². The van der Waals surface area contributed by atoms with Crippen LogP contribution in [0.1, 0.15) is 44.3 Å². The molecule has 2 aliphatic heterocycles. The van der Waals surface area contributed by atoms with Crippen molar-refractivity contribution >= 4 is 35.6 Å². The lowest BCUT2D eigenvalue weighted by Gasteiger charge is -2.46. The number of imide groups is 1. The van der Waals surface area contributed by atoms with Crippen molar-refractivity contribution in [2.24, 2.45) is 0 Å². The summed E-state index contributed by atoms with van der Waals surface area (Å²) in [5.41, 5.74) is -1.73. The van der Waals surface area contributed by atoms with Crippen LogP contribution in [0.5, 0.6) is 0 Å². The number of aliphatic carboxylic acids is 1. The summed E-state index contributed by atoms with van der Waals surface area (Å²) in [6, 6.07) is 12.6. The van der Waals surface area contributed by atoms with Crippen LogP contribution in [0.15, 0.2) is 91.5 Å². The van der Waals surface area contributed by atoms with Gasteiger partial charge in [-0.15, -0.1) is 11.8 Å². The molecule has 11 nitrogen and oxygen atoms in total. The molecule has 0 bridgehead atoms. The van der Waals surface area contributed by atoms with Crippen LogP contribution < -0.4 is 0 Å². The molecule has 2 amide bonds. The average Bonchev–Trinajstić information content (AvgIpc) is 3.73. The third kappa shape index (κ3) is 7.13. The fourth-order valence-corrected chi connectivity index (χ4v) is 7.95. The minimum Gasteiger partial charge on any atom is -0.480 e. The molecule has 266 valence electrons. The Hall–Kier alpha value is -5.56. The van der Waals surface area contributed by atoms with Gasteiger partial charge in [0.2, 0.25) is 0 Å². The van der Waals surface area contributed by atoms with Crippen LogP contribution in [0.2, 0.25) is 0 Å². The van der Waals surface area contributed by atoms with E-state index in [4.69, 9.17) is 14.7 Å². The van der Waals surface area contributed by atoms with E-state index < -0.39 is 63.5 Å². The number of allylic oxidation sites excluding steroid dienone is 2. The second kappa shape index (κ2) is 15.4. The van der Waals surface area contributed by atoms with Gasteiger partial charge in [0.25, 0.3) is 11.8 Å². The SMILES string of the molecule is C[C@@H](SC1COC(/C=C/C=C/c2ccc(C#N)cc2F)OC1)[C@@](Cn1cncn1)(c1ccc(F)cc1F)C(C(=O)O)N1C(=O)c2ccccc2C1=O. The minimum atomic E-state index is -2.00. The highest BCUT2D eigenvalue weighted by atomic mass is 32.2. The van der Waals surface area contributed by atoms with E-state index in [2.05, 4.69) is 10.1 Å². The molecular weight excluding hydrogens is 699 g/mol.